The van der Waals surface area contributed by atoms with Gasteiger partial charge in [-0.25, -0.2) is 4.79 Å². The average molecular weight is 429 g/mol. The summed E-state index contributed by atoms with van der Waals surface area (Å²) in [6.45, 7) is 0. The summed E-state index contributed by atoms with van der Waals surface area (Å²) >= 11 is 0. The Morgan fingerprint density at radius 1 is 1.10 bits per heavy atom. The number of fused-ring (bicyclic) bond motifs is 1. The third-order valence-corrected chi connectivity index (χ3v) is 6.20. The molecule has 29 heavy (non-hydrogen) atoms. The molecule has 0 spiro atoms. The summed E-state index contributed by atoms with van der Waals surface area (Å²) in [5.41, 5.74) is 0.995. The fourth-order valence-corrected chi connectivity index (χ4v) is 5.02. The molecule has 2 aliphatic rings. The van der Waals surface area contributed by atoms with Gasteiger partial charge >= 0.3 is 6.09 Å². The van der Waals surface area contributed by atoms with Crippen molar-refractivity contribution in [3.8, 4) is 33.5 Å². The smallest absolute Gasteiger partial charge is 0.417 e. The highest BCUT2D eigenvalue weighted by atomic mass is 32.9. The summed E-state index contributed by atoms with van der Waals surface area (Å²) in [5, 5.41) is 4.43. The van der Waals surface area contributed by atoms with E-state index >= 15 is 0 Å². The van der Waals surface area contributed by atoms with E-state index in [4.69, 9.17) is 14.2 Å². The van der Waals surface area contributed by atoms with E-state index < -0.39 is 6.09 Å². The maximum Gasteiger partial charge on any atom is 0.417 e. The number of carbonyl (C=O) groups is 1. The van der Waals surface area contributed by atoms with Gasteiger partial charge in [-0.15, -0.1) is 0 Å². The van der Waals surface area contributed by atoms with E-state index in [0.717, 1.165) is 0 Å². The summed E-state index contributed by atoms with van der Waals surface area (Å²) in [4.78, 5) is 30.0. The van der Waals surface area contributed by atoms with Gasteiger partial charge in [-0.2, -0.15) is 0 Å². The van der Waals surface area contributed by atoms with Gasteiger partial charge in [0.2, 0.25) is 0 Å². The number of hydrogen-bond donors (Lipinski definition) is 1. The van der Waals surface area contributed by atoms with Crippen LogP contribution in [0.15, 0.2) is 52.9 Å². The van der Waals surface area contributed by atoms with Crippen LogP contribution in [0.3, 0.4) is 0 Å². The van der Waals surface area contributed by atoms with Crippen LogP contribution in [-0.4, -0.2) is 29.9 Å². The lowest BCUT2D eigenvalue weighted by Gasteiger charge is -2.11. The van der Waals surface area contributed by atoms with Gasteiger partial charge < -0.3 is 14.2 Å². The molecule has 0 fully saturated rings. The SMILES string of the molecule is COc1ccc(-n2c3cssc-3c(NC(=O)Oc3ccncc3)c2=O)c(OC)c1. The fraction of sp³-hybridized carbons (Fsp3) is 0.105. The number of ether oxygens (including phenoxy) is 3. The highest BCUT2D eigenvalue weighted by molar-refractivity contribution is 7.70. The number of carbonyl (C=O) groups excluding carboxylic acids is 1. The largest absolute Gasteiger partial charge is 0.497 e. The second-order valence-electron chi connectivity index (χ2n) is 5.76. The number of nitrogens with one attached hydrogen (secondary N) is 1. The number of nitrogens with zero attached hydrogens (tertiary/aromatic N) is 2. The molecule has 4 rings (SSSR count). The Labute approximate surface area is 172 Å². The van der Waals surface area contributed by atoms with E-state index in [2.05, 4.69) is 10.3 Å². The molecule has 2 aromatic rings. The Morgan fingerprint density at radius 3 is 2.62 bits per heavy atom. The lowest BCUT2D eigenvalue weighted by atomic mass is 10.2. The Hall–Kier alpha value is -3.37. The number of anilines is 1. The summed E-state index contributed by atoms with van der Waals surface area (Å²) in [6, 6.07) is 8.27. The highest BCUT2D eigenvalue weighted by Crippen LogP contribution is 2.40. The third kappa shape index (κ3) is 3.55. The molecular formula is C19H15N3O5S2. The molecule has 10 heteroatoms. The van der Waals surface area contributed by atoms with Crippen molar-refractivity contribution in [3.63, 3.8) is 0 Å². The number of aromatic nitrogens is 2. The monoisotopic (exact) mass is 429 g/mol. The number of amides is 1. The van der Waals surface area contributed by atoms with Crippen LogP contribution in [-0.2, 0) is 0 Å². The molecule has 8 nitrogen and oxygen atoms in total. The second kappa shape index (κ2) is 7.94. The van der Waals surface area contributed by atoms with Crippen molar-refractivity contribution in [2.45, 2.75) is 0 Å². The van der Waals surface area contributed by atoms with E-state index in [0.29, 0.717) is 33.5 Å². The standard InChI is InChI=1S/C19H15N3O5S2/c1-25-12-3-4-13(15(9-12)26-2)22-14-10-28-29-17(14)16(18(22)23)21-19(24)27-11-5-7-20-8-6-11/h3-10H,1-2H3,(H,21,24). The molecule has 0 saturated heterocycles. The lowest BCUT2D eigenvalue weighted by molar-refractivity contribution is 0.215. The molecule has 0 aliphatic carbocycles. The van der Waals surface area contributed by atoms with Crippen LogP contribution >= 0.6 is 20.7 Å². The number of pyridine rings is 1. The third-order valence-electron chi connectivity index (χ3n) is 4.12. The zero-order chi connectivity index (χ0) is 20.4. The van der Waals surface area contributed by atoms with Crippen molar-refractivity contribution in [3.05, 3.63) is 58.5 Å². The minimum absolute atomic E-state index is 0.156. The van der Waals surface area contributed by atoms with E-state index in [1.165, 1.54) is 44.8 Å². The Morgan fingerprint density at radius 2 is 1.90 bits per heavy atom. The topological polar surface area (TPSA) is 91.7 Å². The van der Waals surface area contributed by atoms with Crippen LogP contribution in [0.5, 0.6) is 17.2 Å². The molecule has 1 aromatic heterocycles. The molecule has 0 radical (unpaired) electrons. The van der Waals surface area contributed by atoms with Gasteiger partial charge in [-0.1, -0.05) is 20.7 Å². The zero-order valence-corrected chi connectivity index (χ0v) is 17.0. The molecule has 2 aliphatic heterocycles. The molecule has 0 atom stereocenters. The predicted molar refractivity (Wildman–Crippen MR) is 111 cm³/mol. The first kappa shape index (κ1) is 19.0. The molecule has 0 bridgehead atoms. The summed E-state index contributed by atoms with van der Waals surface area (Å²) in [6.07, 6.45) is 2.26. The molecule has 1 aromatic carbocycles. The van der Waals surface area contributed by atoms with Gasteiger partial charge in [0.25, 0.3) is 5.56 Å². The van der Waals surface area contributed by atoms with Crippen molar-refractivity contribution in [2.75, 3.05) is 19.5 Å². The molecule has 1 amide bonds. The van der Waals surface area contributed by atoms with E-state index in [1.54, 1.807) is 37.4 Å². The van der Waals surface area contributed by atoms with Crippen LogP contribution in [0.25, 0.3) is 16.3 Å². The molecule has 0 saturated carbocycles. The van der Waals surface area contributed by atoms with Crippen molar-refractivity contribution < 1.29 is 19.0 Å². The van der Waals surface area contributed by atoms with E-state index in [-0.39, 0.29) is 11.2 Å². The van der Waals surface area contributed by atoms with Crippen molar-refractivity contribution in [1.29, 1.82) is 0 Å². The van der Waals surface area contributed by atoms with Crippen molar-refractivity contribution in [1.82, 2.24) is 9.55 Å². The van der Waals surface area contributed by atoms with E-state index in [9.17, 15) is 9.59 Å². The Balaban J connectivity index is 1.73. The minimum Gasteiger partial charge on any atom is -0.497 e. The first-order chi connectivity index (χ1) is 14.1. The Bertz CT molecular complexity index is 1180. The number of hydrogen-bond acceptors (Lipinski definition) is 8. The first-order valence-corrected chi connectivity index (χ1v) is 10.6. The number of benzene rings is 1. The van der Waals surface area contributed by atoms with Gasteiger partial charge in [-0.05, 0) is 24.3 Å². The van der Waals surface area contributed by atoms with Crippen molar-refractivity contribution >= 4 is 32.5 Å². The normalized spacial score (nSPS) is 10.7. The number of methoxy groups -OCH3 is 2. The summed E-state index contributed by atoms with van der Waals surface area (Å²) < 4.78 is 17.4. The average Bonchev–Trinajstić information content (AvgIpc) is 3.30. The molecule has 148 valence electrons. The van der Waals surface area contributed by atoms with Gasteiger partial charge in [0.05, 0.1) is 30.5 Å². The van der Waals surface area contributed by atoms with Gasteiger partial charge in [0.1, 0.15) is 22.9 Å². The molecule has 3 heterocycles. The van der Waals surface area contributed by atoms with Crippen molar-refractivity contribution in [2.24, 2.45) is 0 Å². The molecular weight excluding hydrogens is 414 g/mol. The van der Waals surface area contributed by atoms with Crippen LogP contribution in [0, 0.1) is 0 Å². The summed E-state index contributed by atoms with van der Waals surface area (Å²) in [5.74, 6) is 1.40. The Kier molecular flexibility index (Phi) is 5.19. The maximum absolute atomic E-state index is 13.2. The highest BCUT2D eigenvalue weighted by Gasteiger charge is 2.27. The van der Waals surface area contributed by atoms with E-state index in [1.807, 2.05) is 5.38 Å². The molecule has 1 N–H and O–H groups in total. The predicted octanol–water partition coefficient (Wildman–Crippen LogP) is 4.09. The second-order valence-corrected chi connectivity index (χ2v) is 7.84. The van der Waals surface area contributed by atoms with Gasteiger partial charge in [-0.3, -0.25) is 19.7 Å². The van der Waals surface area contributed by atoms with Crippen LogP contribution in [0.1, 0.15) is 0 Å². The van der Waals surface area contributed by atoms with Crippen LogP contribution in [0.4, 0.5) is 10.5 Å². The minimum atomic E-state index is -0.757. The van der Waals surface area contributed by atoms with Gasteiger partial charge in [0.15, 0.2) is 0 Å². The number of rotatable bonds is 5. The first-order valence-electron chi connectivity index (χ1n) is 8.36. The maximum atomic E-state index is 13.2. The quantitative estimate of drug-likeness (QED) is 0.481. The summed E-state index contributed by atoms with van der Waals surface area (Å²) in [7, 11) is 5.92. The van der Waals surface area contributed by atoms with Gasteiger partial charge in [0, 0.05) is 23.8 Å². The fourth-order valence-electron chi connectivity index (χ4n) is 2.82. The van der Waals surface area contributed by atoms with Crippen LogP contribution in [0.2, 0.25) is 0 Å². The lowest BCUT2D eigenvalue weighted by Crippen LogP contribution is -2.23. The van der Waals surface area contributed by atoms with Crippen LogP contribution < -0.4 is 25.1 Å². The zero-order valence-electron chi connectivity index (χ0n) is 15.4. The molecule has 0 unspecified atom stereocenters.